The second-order valence-corrected chi connectivity index (χ2v) is 6.88. The van der Waals surface area contributed by atoms with E-state index in [4.69, 9.17) is 15.2 Å². The summed E-state index contributed by atoms with van der Waals surface area (Å²) >= 11 is 0. The molecular formula is C20H34N4O2. The van der Waals surface area contributed by atoms with Crippen molar-refractivity contribution in [3.8, 4) is 11.5 Å². The van der Waals surface area contributed by atoms with Crippen LogP contribution in [-0.4, -0.2) is 46.4 Å². The predicted octanol–water partition coefficient (Wildman–Crippen LogP) is 3.01. The normalized spacial score (nSPS) is 17.4. The lowest BCUT2D eigenvalue weighted by atomic mass is 10.1. The van der Waals surface area contributed by atoms with Gasteiger partial charge in [-0.1, -0.05) is 26.2 Å². The molecule has 26 heavy (non-hydrogen) atoms. The number of hydrogen-bond acceptors (Lipinski definition) is 4. The van der Waals surface area contributed by atoms with Crippen molar-refractivity contribution in [3.05, 3.63) is 18.2 Å². The molecule has 6 heteroatoms. The number of aliphatic imine (C=N–C) groups is 1. The van der Waals surface area contributed by atoms with Gasteiger partial charge in [-0.2, -0.15) is 0 Å². The van der Waals surface area contributed by atoms with E-state index in [1.54, 1.807) is 14.2 Å². The largest absolute Gasteiger partial charge is 0.497 e. The van der Waals surface area contributed by atoms with Gasteiger partial charge < -0.3 is 25.4 Å². The van der Waals surface area contributed by atoms with Gasteiger partial charge in [0.2, 0.25) is 0 Å². The van der Waals surface area contributed by atoms with Gasteiger partial charge in [-0.05, 0) is 18.8 Å². The summed E-state index contributed by atoms with van der Waals surface area (Å²) in [5.41, 5.74) is 7.11. The Balaban J connectivity index is 1.80. The maximum atomic E-state index is 5.98. The summed E-state index contributed by atoms with van der Waals surface area (Å²) in [5.74, 6) is 2.73. The molecule has 1 unspecified atom stereocenters. The Kier molecular flexibility index (Phi) is 8.38. The van der Waals surface area contributed by atoms with E-state index in [2.05, 4.69) is 34.3 Å². The van der Waals surface area contributed by atoms with Crippen molar-refractivity contribution < 1.29 is 9.47 Å². The molecule has 1 aromatic carbocycles. The van der Waals surface area contributed by atoms with E-state index in [0.717, 1.165) is 56.2 Å². The van der Waals surface area contributed by atoms with E-state index in [1.807, 2.05) is 6.07 Å². The summed E-state index contributed by atoms with van der Waals surface area (Å²) in [5, 5.41) is 3.22. The molecule has 2 rings (SSSR count). The predicted molar refractivity (Wildman–Crippen MR) is 109 cm³/mol. The highest BCUT2D eigenvalue weighted by molar-refractivity contribution is 5.77. The topological polar surface area (TPSA) is 72.1 Å². The zero-order valence-corrected chi connectivity index (χ0v) is 16.5. The standard InChI is InChI=1S/C20H34N4O2/c1-4-5-6-7-9-22-20(21)23-14-16-8-10-24(15-16)17-11-18(25-2)13-19(12-17)26-3/h11-13,16H,4-10,14-15H2,1-3H3,(H3,21,22,23). The number of hydrogen-bond donors (Lipinski definition) is 2. The molecule has 0 spiro atoms. The van der Waals surface area contributed by atoms with Gasteiger partial charge in [0.1, 0.15) is 11.5 Å². The number of nitrogens with one attached hydrogen (secondary N) is 1. The lowest BCUT2D eigenvalue weighted by Gasteiger charge is -2.20. The third kappa shape index (κ3) is 6.32. The molecule has 0 amide bonds. The second kappa shape index (κ2) is 10.8. The SMILES string of the molecule is CCCCCCNC(N)=NCC1CCN(c2cc(OC)cc(OC)c2)C1. The van der Waals surface area contributed by atoms with Crippen LogP contribution in [0.3, 0.4) is 0 Å². The smallest absolute Gasteiger partial charge is 0.188 e. The molecule has 0 bridgehead atoms. The molecule has 3 N–H and O–H groups in total. The molecule has 1 fully saturated rings. The number of anilines is 1. The van der Waals surface area contributed by atoms with Crippen molar-refractivity contribution in [2.45, 2.75) is 39.0 Å². The molecule has 1 saturated heterocycles. The highest BCUT2D eigenvalue weighted by atomic mass is 16.5. The summed E-state index contributed by atoms with van der Waals surface area (Å²) in [6.45, 7) is 5.89. The van der Waals surface area contributed by atoms with Gasteiger partial charge in [0.25, 0.3) is 0 Å². The van der Waals surface area contributed by atoms with Crippen LogP contribution in [0.25, 0.3) is 0 Å². The first-order valence-electron chi connectivity index (χ1n) is 9.68. The summed E-state index contributed by atoms with van der Waals surface area (Å²) in [6.07, 6.45) is 6.05. The Hall–Kier alpha value is -2.11. The van der Waals surface area contributed by atoms with E-state index in [-0.39, 0.29) is 0 Å². The molecule has 1 heterocycles. The van der Waals surface area contributed by atoms with Crippen molar-refractivity contribution in [1.29, 1.82) is 0 Å². The van der Waals surface area contributed by atoms with Crippen molar-refractivity contribution >= 4 is 11.6 Å². The Bertz CT molecular complexity index is 555. The van der Waals surface area contributed by atoms with Crippen molar-refractivity contribution in [3.63, 3.8) is 0 Å². The van der Waals surface area contributed by atoms with E-state index in [1.165, 1.54) is 19.3 Å². The summed E-state index contributed by atoms with van der Waals surface area (Å²) in [6, 6.07) is 6.01. The van der Waals surface area contributed by atoms with Crippen LogP contribution in [0.1, 0.15) is 39.0 Å². The van der Waals surface area contributed by atoms with Gasteiger partial charge in [0.05, 0.1) is 14.2 Å². The van der Waals surface area contributed by atoms with Gasteiger partial charge in [-0.25, -0.2) is 0 Å². The Morgan fingerprint density at radius 1 is 1.19 bits per heavy atom. The van der Waals surface area contributed by atoms with Gasteiger partial charge in [-0.15, -0.1) is 0 Å². The second-order valence-electron chi connectivity index (χ2n) is 6.88. The number of unbranched alkanes of at least 4 members (excludes halogenated alkanes) is 3. The molecule has 1 aromatic rings. The monoisotopic (exact) mass is 362 g/mol. The van der Waals surface area contributed by atoms with E-state index in [9.17, 15) is 0 Å². The van der Waals surface area contributed by atoms with Gasteiger partial charge >= 0.3 is 0 Å². The van der Waals surface area contributed by atoms with E-state index < -0.39 is 0 Å². The van der Waals surface area contributed by atoms with Crippen LogP contribution < -0.4 is 25.4 Å². The third-order valence-corrected chi connectivity index (χ3v) is 4.84. The molecule has 0 saturated carbocycles. The van der Waals surface area contributed by atoms with Crippen molar-refractivity contribution in [2.24, 2.45) is 16.6 Å². The maximum absolute atomic E-state index is 5.98. The molecule has 1 aliphatic rings. The van der Waals surface area contributed by atoms with E-state index >= 15 is 0 Å². The molecule has 0 aromatic heterocycles. The average Bonchev–Trinajstić information content (AvgIpc) is 3.15. The lowest BCUT2D eigenvalue weighted by Crippen LogP contribution is -2.33. The molecule has 0 aliphatic carbocycles. The number of methoxy groups -OCH3 is 2. The van der Waals surface area contributed by atoms with E-state index in [0.29, 0.717) is 11.9 Å². The van der Waals surface area contributed by atoms with Gasteiger partial charge in [-0.3, -0.25) is 4.99 Å². The van der Waals surface area contributed by atoms with Gasteiger partial charge in [0, 0.05) is 50.1 Å². The fourth-order valence-corrected chi connectivity index (χ4v) is 3.24. The van der Waals surface area contributed by atoms with Crippen molar-refractivity contribution in [1.82, 2.24) is 5.32 Å². The zero-order chi connectivity index (χ0) is 18.8. The molecule has 1 atom stereocenters. The zero-order valence-electron chi connectivity index (χ0n) is 16.5. The van der Waals surface area contributed by atoms with Crippen LogP contribution in [0.4, 0.5) is 5.69 Å². The Labute approximate surface area is 157 Å². The molecule has 146 valence electrons. The number of guanidine groups is 1. The summed E-state index contributed by atoms with van der Waals surface area (Å²) in [4.78, 5) is 6.89. The minimum Gasteiger partial charge on any atom is -0.497 e. The minimum absolute atomic E-state index is 0.521. The first-order valence-corrected chi connectivity index (χ1v) is 9.68. The third-order valence-electron chi connectivity index (χ3n) is 4.84. The quantitative estimate of drug-likeness (QED) is 0.380. The minimum atomic E-state index is 0.521. The molecule has 6 nitrogen and oxygen atoms in total. The fraction of sp³-hybridized carbons (Fsp3) is 0.650. The fourth-order valence-electron chi connectivity index (χ4n) is 3.24. The van der Waals surface area contributed by atoms with Gasteiger partial charge in [0.15, 0.2) is 5.96 Å². The number of nitrogens with two attached hydrogens (primary N) is 1. The van der Waals surface area contributed by atoms with Crippen LogP contribution in [0.15, 0.2) is 23.2 Å². The van der Waals surface area contributed by atoms with Crippen LogP contribution in [0.5, 0.6) is 11.5 Å². The van der Waals surface area contributed by atoms with Crippen LogP contribution in [-0.2, 0) is 0 Å². The lowest BCUT2D eigenvalue weighted by molar-refractivity contribution is 0.394. The number of rotatable bonds is 10. The molecular weight excluding hydrogens is 328 g/mol. The summed E-state index contributed by atoms with van der Waals surface area (Å²) < 4.78 is 10.7. The molecule has 0 radical (unpaired) electrons. The van der Waals surface area contributed by atoms with Crippen molar-refractivity contribution in [2.75, 3.05) is 45.3 Å². The number of nitrogens with zero attached hydrogens (tertiary/aromatic N) is 2. The highest BCUT2D eigenvalue weighted by Crippen LogP contribution is 2.31. The maximum Gasteiger partial charge on any atom is 0.188 e. The Morgan fingerprint density at radius 2 is 1.92 bits per heavy atom. The molecule has 1 aliphatic heterocycles. The summed E-state index contributed by atoms with van der Waals surface area (Å²) in [7, 11) is 3.36. The first-order chi connectivity index (χ1) is 12.7. The number of ether oxygens (including phenoxy) is 2. The average molecular weight is 363 g/mol. The van der Waals surface area contributed by atoms with Crippen LogP contribution in [0.2, 0.25) is 0 Å². The highest BCUT2D eigenvalue weighted by Gasteiger charge is 2.23. The first kappa shape index (κ1) is 20.2. The van der Waals surface area contributed by atoms with Crippen LogP contribution in [0, 0.1) is 5.92 Å². The van der Waals surface area contributed by atoms with Crippen LogP contribution >= 0.6 is 0 Å². The number of benzene rings is 1. The Morgan fingerprint density at radius 3 is 2.58 bits per heavy atom.